The van der Waals surface area contributed by atoms with E-state index in [1.54, 1.807) is 6.92 Å². The van der Waals surface area contributed by atoms with Crippen LogP contribution in [-0.4, -0.2) is 90.4 Å². The maximum Gasteiger partial charge on any atom is 0.354 e. The molecule has 1 fully saturated rings. The van der Waals surface area contributed by atoms with Gasteiger partial charge in [-0.3, -0.25) is 14.4 Å². The number of rotatable bonds is 15. The van der Waals surface area contributed by atoms with Crippen LogP contribution in [0.5, 0.6) is 0 Å². The van der Waals surface area contributed by atoms with E-state index >= 15 is 0 Å². The number of aromatic amines is 1. The summed E-state index contributed by atoms with van der Waals surface area (Å²) in [6.07, 6.45) is 14.3. The van der Waals surface area contributed by atoms with Crippen molar-refractivity contribution in [2.24, 2.45) is 0 Å². The Labute approximate surface area is 440 Å². The summed E-state index contributed by atoms with van der Waals surface area (Å²) in [5, 5.41) is 3.78. The van der Waals surface area contributed by atoms with Gasteiger partial charge in [-0.25, -0.2) is 9.59 Å². The summed E-state index contributed by atoms with van der Waals surface area (Å²) < 4.78 is 17.0. The van der Waals surface area contributed by atoms with E-state index < -0.39 is 0 Å². The monoisotopic (exact) mass is 1020 g/mol. The molecular formula is C59H93ClN4O8. The highest BCUT2D eigenvalue weighted by atomic mass is 35.5. The molecule has 2 aromatic carbocycles. The molecule has 12 nitrogen and oxygen atoms in total. The molecule has 4 aliphatic rings. The van der Waals surface area contributed by atoms with Crippen molar-refractivity contribution in [1.29, 1.82) is 0 Å². The van der Waals surface area contributed by atoms with E-state index in [1.165, 1.54) is 60.6 Å². The fraction of sp³-hybridized carbons (Fsp3) is 0.542. The number of Topliss-reactive ketones (excluding diaryl/α,β-unsaturated/α-hetero) is 1. The zero-order chi connectivity index (χ0) is 49.5. The highest BCUT2D eigenvalue weighted by Crippen LogP contribution is 2.28. The molecule has 0 bridgehead atoms. The normalized spacial score (nSPS) is 13.2. The van der Waals surface area contributed by atoms with Crippen molar-refractivity contribution < 1.29 is 38.2 Å². The number of ketones is 1. The van der Waals surface area contributed by atoms with Crippen molar-refractivity contribution in [3.05, 3.63) is 128 Å². The summed E-state index contributed by atoms with van der Waals surface area (Å²) in [7, 11) is 0. The second kappa shape index (κ2) is 40.2. The Hall–Kier alpha value is -5.30. The van der Waals surface area contributed by atoms with Crippen LogP contribution < -0.4 is 5.32 Å². The molecule has 4 aliphatic carbocycles. The van der Waals surface area contributed by atoms with Gasteiger partial charge in [-0.15, -0.1) is 0 Å². The van der Waals surface area contributed by atoms with Gasteiger partial charge in [-0.05, 0) is 145 Å². The number of carbonyl (C=O) groups is 5. The minimum Gasteiger partial charge on any atom is -0.465 e. The molecule has 404 valence electrons. The van der Waals surface area contributed by atoms with Crippen LogP contribution in [0.15, 0.2) is 83.4 Å². The summed E-state index contributed by atoms with van der Waals surface area (Å²) in [5.41, 5.74) is 9.57. The number of aromatic nitrogens is 2. The van der Waals surface area contributed by atoms with Crippen molar-refractivity contribution in [1.82, 2.24) is 19.8 Å². The Morgan fingerprint density at radius 1 is 0.653 bits per heavy atom. The summed E-state index contributed by atoms with van der Waals surface area (Å²) in [4.78, 5) is 60.2. The maximum absolute atomic E-state index is 12.1. The number of hydrogen-bond donors (Lipinski definition) is 2. The highest BCUT2D eigenvalue weighted by molar-refractivity contribution is 6.31. The van der Waals surface area contributed by atoms with Crippen LogP contribution in [0.3, 0.4) is 0 Å². The molecule has 2 heterocycles. The molecule has 0 radical (unpaired) electrons. The van der Waals surface area contributed by atoms with Gasteiger partial charge in [0.05, 0.1) is 26.4 Å². The SMILES string of the molecule is C.C.C.C.CCN(CC)CC.CCOC(=O)CNCc1ccccc1.CCOC(=O)c1cc2c([nH]1)CCC2.CCOC(=O)c1cc2c(n1Cc1ccccc1)CCC2.O=C1CCCC1.O=CC1=C(Cl)CCC1. The summed E-state index contributed by atoms with van der Waals surface area (Å²) in [5.74, 6) is -0.201. The molecule has 0 spiro atoms. The Bertz CT molecular complexity index is 2110. The number of aryl methyl sites for hydroxylation is 3. The molecule has 72 heavy (non-hydrogen) atoms. The number of esters is 3. The number of nitrogens with one attached hydrogen (secondary N) is 2. The van der Waals surface area contributed by atoms with Gasteiger partial charge in [0.15, 0.2) is 0 Å². The average Bonchev–Trinajstić information content (AvgIpc) is 4.23. The Morgan fingerprint density at radius 3 is 1.67 bits per heavy atom. The van der Waals surface area contributed by atoms with Crippen LogP contribution >= 0.6 is 11.6 Å². The van der Waals surface area contributed by atoms with Crippen molar-refractivity contribution in [3.63, 3.8) is 0 Å². The fourth-order valence-electron chi connectivity index (χ4n) is 8.09. The second-order valence-electron chi connectivity index (χ2n) is 16.6. The number of hydrogen-bond acceptors (Lipinski definition) is 10. The van der Waals surface area contributed by atoms with Crippen LogP contribution in [0, 0.1) is 0 Å². The van der Waals surface area contributed by atoms with Crippen molar-refractivity contribution in [2.75, 3.05) is 46.0 Å². The molecule has 0 atom stereocenters. The zero-order valence-corrected chi connectivity index (χ0v) is 42.4. The third-order valence-electron chi connectivity index (χ3n) is 11.8. The predicted molar refractivity (Wildman–Crippen MR) is 298 cm³/mol. The lowest BCUT2D eigenvalue weighted by Gasteiger charge is -2.13. The zero-order valence-electron chi connectivity index (χ0n) is 41.6. The first-order chi connectivity index (χ1) is 33.0. The Morgan fingerprint density at radius 2 is 1.19 bits per heavy atom. The van der Waals surface area contributed by atoms with Crippen molar-refractivity contribution in [2.45, 2.75) is 168 Å². The molecule has 2 aromatic heterocycles. The minimum atomic E-state index is -0.239. The number of aldehydes is 1. The standard InChI is InChI=1S/C17H19NO2.C11H15NO2.C10H13NO2.C6H7ClO.C6H15N.C5H8O.4CH4/c1-2-20-17(19)16-11-14-9-6-10-15(14)18(16)12-13-7-4-3-5-8-13;1-2-14-11(13)9-12-8-10-6-4-3-5-7-10;1-2-13-10(12)9-6-7-4-3-5-8(7)11-9;7-6-3-1-2-5(6)4-8;1-4-7(5-2)6-3;6-5-3-1-2-4-5;;;;/h3-5,7-8,11H,2,6,9-10,12H2,1H3;3-7,12H,2,8-9H2,1H3;6,11H,2-5H2,1H3;4H,1-3H2;4-6H2,1-3H3;1-4H2;4*1H4. The molecule has 13 heteroatoms. The van der Waals surface area contributed by atoms with E-state index in [-0.39, 0.29) is 54.2 Å². The van der Waals surface area contributed by atoms with Crippen LogP contribution in [0.1, 0.15) is 184 Å². The quantitative estimate of drug-likeness (QED) is 0.0669. The van der Waals surface area contributed by atoms with Crippen LogP contribution in [0.2, 0.25) is 0 Å². The van der Waals surface area contributed by atoms with E-state index in [9.17, 15) is 24.0 Å². The van der Waals surface area contributed by atoms with Crippen LogP contribution in [0.4, 0.5) is 0 Å². The van der Waals surface area contributed by atoms with Gasteiger partial charge in [0.1, 0.15) is 23.5 Å². The lowest BCUT2D eigenvalue weighted by atomic mass is 10.2. The maximum atomic E-state index is 12.1. The smallest absolute Gasteiger partial charge is 0.354 e. The molecule has 8 rings (SSSR count). The molecule has 1 saturated carbocycles. The van der Waals surface area contributed by atoms with E-state index in [2.05, 4.69) is 52.7 Å². The van der Waals surface area contributed by atoms with E-state index in [0.717, 1.165) is 99.6 Å². The molecule has 0 amide bonds. The predicted octanol–water partition coefficient (Wildman–Crippen LogP) is 13.1. The first-order valence-electron chi connectivity index (χ1n) is 24.8. The van der Waals surface area contributed by atoms with Gasteiger partial charge in [0.2, 0.25) is 0 Å². The number of benzene rings is 2. The van der Waals surface area contributed by atoms with E-state index in [0.29, 0.717) is 43.5 Å². The summed E-state index contributed by atoms with van der Waals surface area (Å²) in [6.45, 7) is 18.6. The number of halogens is 1. The van der Waals surface area contributed by atoms with Crippen molar-refractivity contribution >= 4 is 41.6 Å². The van der Waals surface area contributed by atoms with Crippen molar-refractivity contribution in [3.8, 4) is 0 Å². The van der Waals surface area contributed by atoms with Gasteiger partial charge in [0, 0.05) is 47.9 Å². The average molecular weight is 1020 g/mol. The van der Waals surface area contributed by atoms with E-state index in [4.69, 9.17) is 25.8 Å². The lowest BCUT2D eigenvalue weighted by molar-refractivity contribution is -0.142. The fourth-order valence-corrected chi connectivity index (χ4v) is 8.37. The van der Waals surface area contributed by atoms with E-state index in [1.807, 2.05) is 74.5 Å². The van der Waals surface area contributed by atoms with Gasteiger partial charge in [0.25, 0.3) is 0 Å². The van der Waals surface area contributed by atoms with Gasteiger partial charge in [-0.2, -0.15) is 0 Å². The largest absolute Gasteiger partial charge is 0.465 e. The summed E-state index contributed by atoms with van der Waals surface area (Å²) >= 11 is 5.63. The number of carbonyl (C=O) groups excluding carboxylic acids is 5. The molecule has 0 unspecified atom stereocenters. The molecular weight excluding hydrogens is 928 g/mol. The number of ether oxygens (including phenoxy) is 3. The first kappa shape index (κ1) is 68.8. The minimum absolute atomic E-state index is 0. The number of fused-ring (bicyclic) bond motifs is 2. The second-order valence-corrected chi connectivity index (χ2v) is 17.0. The molecule has 2 N–H and O–H groups in total. The third kappa shape index (κ3) is 24.9. The van der Waals surface area contributed by atoms with Gasteiger partial charge >= 0.3 is 17.9 Å². The van der Waals surface area contributed by atoms with Crippen LogP contribution in [-0.2, 0) is 67.4 Å². The number of allylic oxidation sites excluding steroid dienone is 2. The Kier molecular flexibility index (Phi) is 38.4. The first-order valence-corrected chi connectivity index (χ1v) is 25.2. The number of nitrogens with zero attached hydrogens (tertiary/aromatic N) is 2. The molecule has 0 saturated heterocycles. The van der Waals surface area contributed by atoms with Gasteiger partial charge < -0.3 is 34.0 Å². The lowest BCUT2D eigenvalue weighted by Crippen LogP contribution is -2.24. The highest BCUT2D eigenvalue weighted by Gasteiger charge is 2.24. The third-order valence-corrected chi connectivity index (χ3v) is 12.2. The number of H-pyrrole nitrogens is 1. The molecule has 4 aromatic rings. The molecule has 0 aliphatic heterocycles. The van der Waals surface area contributed by atoms with Crippen LogP contribution in [0.25, 0.3) is 0 Å². The topological polar surface area (TPSA) is 149 Å². The summed E-state index contributed by atoms with van der Waals surface area (Å²) in [6, 6.07) is 24.1. The Balaban J connectivity index is 0. The van der Waals surface area contributed by atoms with Gasteiger partial charge in [-0.1, -0.05) is 123 Å².